The Morgan fingerprint density at radius 3 is 2.41 bits per heavy atom. The van der Waals surface area contributed by atoms with Gasteiger partial charge >= 0.3 is 5.97 Å². The van der Waals surface area contributed by atoms with Crippen molar-refractivity contribution >= 4 is 46.1 Å². The SMILES string of the molecule is COC(=O)c1ccc2c(c1)NC(=O)C2=C(Nc1ccc(N(C)C(=O)CN2CCOCC2)cc1)c1ccccc1. The van der Waals surface area contributed by atoms with E-state index in [1.807, 2.05) is 54.6 Å². The molecule has 2 heterocycles. The zero-order valence-electron chi connectivity index (χ0n) is 21.9. The molecule has 0 radical (unpaired) electrons. The van der Waals surface area contributed by atoms with Crippen LogP contribution in [0.5, 0.6) is 0 Å². The number of anilines is 3. The van der Waals surface area contributed by atoms with Crippen LogP contribution in [0.4, 0.5) is 17.1 Å². The Bertz CT molecular complexity index is 1410. The molecule has 2 aliphatic rings. The number of carbonyl (C=O) groups is 3. The van der Waals surface area contributed by atoms with E-state index in [1.54, 1.807) is 30.1 Å². The van der Waals surface area contributed by atoms with Gasteiger partial charge in [0.05, 0.1) is 49.4 Å². The predicted molar refractivity (Wildman–Crippen MR) is 150 cm³/mol. The van der Waals surface area contributed by atoms with Crippen molar-refractivity contribution in [3.8, 4) is 0 Å². The Morgan fingerprint density at radius 2 is 1.72 bits per heavy atom. The van der Waals surface area contributed by atoms with E-state index in [0.29, 0.717) is 47.8 Å². The number of methoxy groups -OCH3 is 1. The number of esters is 1. The van der Waals surface area contributed by atoms with Crippen LogP contribution in [-0.2, 0) is 19.1 Å². The lowest BCUT2D eigenvalue weighted by Crippen LogP contribution is -2.43. The summed E-state index contributed by atoms with van der Waals surface area (Å²) >= 11 is 0. The molecule has 2 N–H and O–H groups in total. The lowest BCUT2D eigenvalue weighted by molar-refractivity contribution is -0.120. The summed E-state index contributed by atoms with van der Waals surface area (Å²) in [5.41, 5.74) is 5.03. The maximum Gasteiger partial charge on any atom is 0.337 e. The topological polar surface area (TPSA) is 100 Å². The van der Waals surface area contributed by atoms with Crippen molar-refractivity contribution in [2.45, 2.75) is 0 Å². The van der Waals surface area contributed by atoms with Crippen LogP contribution in [0.15, 0.2) is 72.8 Å². The highest BCUT2D eigenvalue weighted by molar-refractivity contribution is 6.37. The van der Waals surface area contributed by atoms with Gasteiger partial charge in [-0.1, -0.05) is 36.4 Å². The summed E-state index contributed by atoms with van der Waals surface area (Å²) in [6, 6.07) is 22.1. The van der Waals surface area contributed by atoms with E-state index in [1.165, 1.54) is 7.11 Å². The lowest BCUT2D eigenvalue weighted by Gasteiger charge is -2.28. The van der Waals surface area contributed by atoms with E-state index in [2.05, 4.69) is 15.5 Å². The first-order valence-corrected chi connectivity index (χ1v) is 12.7. The molecule has 2 amide bonds. The highest BCUT2D eigenvalue weighted by Gasteiger charge is 2.29. The molecule has 1 fully saturated rings. The van der Waals surface area contributed by atoms with Crippen LogP contribution >= 0.6 is 0 Å². The number of carbonyl (C=O) groups excluding carboxylic acids is 3. The van der Waals surface area contributed by atoms with Gasteiger partial charge in [-0.3, -0.25) is 14.5 Å². The number of ether oxygens (including phenoxy) is 2. The number of likely N-dealkylation sites (N-methyl/N-ethyl adjacent to an activating group) is 1. The fraction of sp³-hybridized carbons (Fsp3) is 0.233. The second-order valence-electron chi connectivity index (χ2n) is 9.34. The van der Waals surface area contributed by atoms with Gasteiger partial charge in [0.2, 0.25) is 5.91 Å². The zero-order chi connectivity index (χ0) is 27.4. The maximum absolute atomic E-state index is 13.2. The first kappa shape index (κ1) is 26.1. The Kier molecular flexibility index (Phi) is 7.72. The summed E-state index contributed by atoms with van der Waals surface area (Å²) in [5.74, 6) is -0.738. The first-order valence-electron chi connectivity index (χ1n) is 12.7. The van der Waals surface area contributed by atoms with E-state index >= 15 is 0 Å². The number of benzene rings is 3. The van der Waals surface area contributed by atoms with Crippen molar-refractivity contribution in [2.75, 3.05) is 62.5 Å². The normalized spacial score (nSPS) is 16.2. The van der Waals surface area contributed by atoms with Crippen LogP contribution in [0.2, 0.25) is 0 Å². The van der Waals surface area contributed by atoms with Crippen LogP contribution in [-0.4, -0.2) is 69.7 Å². The summed E-state index contributed by atoms with van der Waals surface area (Å²) < 4.78 is 10.2. The largest absolute Gasteiger partial charge is 0.465 e. The van der Waals surface area contributed by atoms with Gasteiger partial charge in [-0.2, -0.15) is 0 Å². The molecule has 0 saturated carbocycles. The van der Waals surface area contributed by atoms with E-state index < -0.39 is 5.97 Å². The molecule has 5 rings (SSSR count). The number of rotatable bonds is 7. The molecule has 3 aromatic carbocycles. The summed E-state index contributed by atoms with van der Waals surface area (Å²) in [6.45, 7) is 3.13. The molecule has 0 aromatic heterocycles. The summed E-state index contributed by atoms with van der Waals surface area (Å²) in [5, 5.41) is 6.29. The highest BCUT2D eigenvalue weighted by Crippen LogP contribution is 2.38. The molecule has 1 saturated heterocycles. The van der Waals surface area contributed by atoms with Crippen molar-refractivity contribution in [3.63, 3.8) is 0 Å². The third-order valence-corrected chi connectivity index (χ3v) is 6.86. The standard InChI is InChI=1S/C30H30N4O5/c1-33(26(35)19-34-14-16-39-17-15-34)23-11-9-22(10-12-23)31-28(20-6-4-3-5-7-20)27-24-13-8-21(30(37)38-2)18-25(24)32-29(27)36/h3-13,18,31H,14-17,19H2,1-2H3,(H,32,36). The first-order chi connectivity index (χ1) is 18.9. The van der Waals surface area contributed by atoms with Crippen LogP contribution in [0.25, 0.3) is 11.3 Å². The molecule has 0 atom stereocenters. The Labute approximate surface area is 227 Å². The van der Waals surface area contributed by atoms with Crippen molar-refractivity contribution in [3.05, 3.63) is 89.5 Å². The molecular weight excluding hydrogens is 496 g/mol. The number of morpholine rings is 1. The number of nitrogens with zero attached hydrogens (tertiary/aromatic N) is 2. The molecule has 9 nitrogen and oxygen atoms in total. The second kappa shape index (κ2) is 11.5. The minimum atomic E-state index is -0.473. The number of nitrogens with one attached hydrogen (secondary N) is 2. The van der Waals surface area contributed by atoms with Crippen LogP contribution in [0.3, 0.4) is 0 Å². The van der Waals surface area contributed by atoms with Crippen LogP contribution in [0, 0.1) is 0 Å². The fourth-order valence-electron chi connectivity index (χ4n) is 4.66. The smallest absolute Gasteiger partial charge is 0.337 e. The van der Waals surface area contributed by atoms with Gasteiger partial charge in [-0.15, -0.1) is 0 Å². The predicted octanol–water partition coefficient (Wildman–Crippen LogP) is 3.70. The Morgan fingerprint density at radius 1 is 1.00 bits per heavy atom. The molecule has 200 valence electrons. The van der Waals surface area contributed by atoms with Crippen LogP contribution < -0.4 is 15.5 Å². The van der Waals surface area contributed by atoms with Crippen molar-refractivity contribution in [1.82, 2.24) is 4.90 Å². The van der Waals surface area contributed by atoms with Gasteiger partial charge < -0.3 is 25.0 Å². The van der Waals surface area contributed by atoms with Crippen molar-refractivity contribution in [1.29, 1.82) is 0 Å². The minimum absolute atomic E-state index is 0.00950. The van der Waals surface area contributed by atoms with Gasteiger partial charge in [-0.05, 0) is 42.0 Å². The summed E-state index contributed by atoms with van der Waals surface area (Å²) in [7, 11) is 3.09. The third-order valence-electron chi connectivity index (χ3n) is 6.86. The second-order valence-corrected chi connectivity index (χ2v) is 9.34. The molecule has 0 spiro atoms. The van der Waals surface area contributed by atoms with Crippen molar-refractivity contribution < 1.29 is 23.9 Å². The van der Waals surface area contributed by atoms with E-state index in [-0.39, 0.29) is 11.8 Å². The van der Waals surface area contributed by atoms with Gasteiger partial charge in [0.15, 0.2) is 0 Å². The molecule has 9 heteroatoms. The molecule has 0 aliphatic carbocycles. The Balaban J connectivity index is 1.42. The maximum atomic E-state index is 13.2. The molecule has 0 unspecified atom stereocenters. The number of hydrogen-bond acceptors (Lipinski definition) is 7. The third kappa shape index (κ3) is 5.69. The van der Waals surface area contributed by atoms with E-state index in [0.717, 1.165) is 30.0 Å². The summed E-state index contributed by atoms with van der Waals surface area (Å²) in [4.78, 5) is 41.7. The van der Waals surface area contributed by atoms with Gasteiger partial charge in [0, 0.05) is 37.1 Å². The molecule has 0 bridgehead atoms. The van der Waals surface area contributed by atoms with Crippen molar-refractivity contribution in [2.24, 2.45) is 0 Å². The van der Waals surface area contributed by atoms with E-state index in [9.17, 15) is 14.4 Å². The highest BCUT2D eigenvalue weighted by atomic mass is 16.5. The quantitative estimate of drug-likeness (QED) is 0.358. The number of fused-ring (bicyclic) bond motifs is 1. The molecule has 3 aromatic rings. The van der Waals surface area contributed by atoms with Gasteiger partial charge in [-0.25, -0.2) is 4.79 Å². The fourth-order valence-corrected chi connectivity index (χ4v) is 4.66. The summed E-state index contributed by atoms with van der Waals surface area (Å²) in [6.07, 6.45) is 0. The average molecular weight is 527 g/mol. The monoisotopic (exact) mass is 526 g/mol. The van der Waals surface area contributed by atoms with Gasteiger partial charge in [0.25, 0.3) is 5.91 Å². The number of amides is 2. The lowest BCUT2D eigenvalue weighted by atomic mass is 9.99. The average Bonchev–Trinajstić information content (AvgIpc) is 3.31. The van der Waals surface area contributed by atoms with Crippen LogP contribution in [0.1, 0.15) is 21.5 Å². The molecule has 2 aliphatic heterocycles. The molecule has 39 heavy (non-hydrogen) atoms. The molecular formula is C30H30N4O5. The Hall–Kier alpha value is -4.47. The minimum Gasteiger partial charge on any atom is -0.465 e. The van der Waals surface area contributed by atoms with E-state index in [4.69, 9.17) is 9.47 Å². The van der Waals surface area contributed by atoms with Gasteiger partial charge in [0.1, 0.15) is 0 Å². The zero-order valence-corrected chi connectivity index (χ0v) is 21.9. The number of hydrogen-bond donors (Lipinski definition) is 2.